The van der Waals surface area contributed by atoms with Gasteiger partial charge >= 0.3 is 0 Å². The first-order valence-corrected chi connectivity index (χ1v) is 13.0. The minimum atomic E-state index is -1.28. The van der Waals surface area contributed by atoms with Gasteiger partial charge in [-0.2, -0.15) is 5.10 Å². The highest BCUT2D eigenvalue weighted by molar-refractivity contribution is 5.90. The van der Waals surface area contributed by atoms with Crippen LogP contribution >= 0.6 is 0 Å². The van der Waals surface area contributed by atoms with Crippen LogP contribution < -0.4 is 11.1 Å². The van der Waals surface area contributed by atoms with Gasteiger partial charge in [0.1, 0.15) is 18.0 Å². The van der Waals surface area contributed by atoms with E-state index in [9.17, 15) is 14.0 Å². The van der Waals surface area contributed by atoms with Crippen LogP contribution in [0.15, 0.2) is 36.5 Å². The zero-order valence-corrected chi connectivity index (χ0v) is 23.0. The molecule has 0 radical (unpaired) electrons. The van der Waals surface area contributed by atoms with Gasteiger partial charge in [-0.15, -0.1) is 0 Å². The van der Waals surface area contributed by atoms with Crippen molar-refractivity contribution in [3.63, 3.8) is 0 Å². The lowest BCUT2D eigenvalue weighted by Gasteiger charge is -2.28. The highest BCUT2D eigenvalue weighted by Crippen LogP contribution is 2.30. The maximum Gasteiger partial charge on any atom is 0.243 e. The van der Waals surface area contributed by atoms with E-state index in [2.05, 4.69) is 35.3 Å². The second kappa shape index (κ2) is 10.9. The molecule has 1 aliphatic heterocycles. The number of carbonyl (C=O) groups is 2. The van der Waals surface area contributed by atoms with Crippen LogP contribution in [0.5, 0.6) is 0 Å². The van der Waals surface area contributed by atoms with Crippen LogP contribution in [-0.4, -0.2) is 50.2 Å². The van der Waals surface area contributed by atoms with Crippen LogP contribution in [0.3, 0.4) is 0 Å². The van der Waals surface area contributed by atoms with E-state index in [1.807, 2.05) is 46.0 Å². The zero-order valence-electron chi connectivity index (χ0n) is 23.0. The Balaban J connectivity index is 1.62. The zero-order chi connectivity index (χ0) is 27.7. The molecule has 0 spiro atoms. The molecule has 38 heavy (non-hydrogen) atoms. The van der Waals surface area contributed by atoms with Crippen molar-refractivity contribution in [2.45, 2.75) is 71.6 Å². The van der Waals surface area contributed by atoms with Gasteiger partial charge < -0.3 is 16.0 Å². The Morgan fingerprint density at radius 3 is 2.53 bits per heavy atom. The van der Waals surface area contributed by atoms with Gasteiger partial charge in [0.2, 0.25) is 11.8 Å². The van der Waals surface area contributed by atoms with E-state index in [0.717, 1.165) is 28.1 Å². The lowest BCUT2D eigenvalue weighted by Crippen LogP contribution is -2.47. The minimum absolute atomic E-state index is 0.0524. The molecule has 0 aliphatic carbocycles. The van der Waals surface area contributed by atoms with Crippen molar-refractivity contribution in [1.82, 2.24) is 25.0 Å². The fourth-order valence-electron chi connectivity index (χ4n) is 5.41. The molecule has 2 aromatic heterocycles. The minimum Gasteiger partial charge on any atom is -0.383 e. The summed E-state index contributed by atoms with van der Waals surface area (Å²) in [6.45, 7) is 9.93. The normalized spacial score (nSPS) is 18.2. The van der Waals surface area contributed by atoms with Crippen molar-refractivity contribution in [1.29, 1.82) is 0 Å². The molecule has 9 heteroatoms. The van der Waals surface area contributed by atoms with E-state index in [-0.39, 0.29) is 25.3 Å². The van der Waals surface area contributed by atoms with E-state index in [4.69, 9.17) is 5.73 Å². The lowest BCUT2D eigenvalue weighted by molar-refractivity contribution is -0.138. The van der Waals surface area contributed by atoms with Crippen LogP contribution in [0, 0.1) is 20.8 Å². The number of rotatable bonds is 7. The van der Waals surface area contributed by atoms with Crippen LogP contribution in [0.1, 0.15) is 71.4 Å². The molecule has 1 fully saturated rings. The summed E-state index contributed by atoms with van der Waals surface area (Å²) in [5.41, 5.74) is 12.5. The highest BCUT2D eigenvalue weighted by Gasteiger charge is 2.41. The number of nitrogens with zero attached hydrogens (tertiary/aromatic N) is 4. The Labute approximate surface area is 223 Å². The monoisotopic (exact) mass is 520 g/mol. The van der Waals surface area contributed by atoms with E-state index in [1.54, 1.807) is 16.9 Å². The Morgan fingerprint density at radius 1 is 1.18 bits per heavy atom. The van der Waals surface area contributed by atoms with Gasteiger partial charge in [0.05, 0.1) is 24.7 Å². The number of amides is 2. The van der Waals surface area contributed by atoms with Crippen molar-refractivity contribution < 1.29 is 14.0 Å². The maximum absolute atomic E-state index is 14.6. The van der Waals surface area contributed by atoms with Gasteiger partial charge in [-0.3, -0.25) is 14.3 Å². The average molecular weight is 521 g/mol. The van der Waals surface area contributed by atoms with Crippen molar-refractivity contribution in [2.24, 2.45) is 7.05 Å². The number of nitrogen functional groups attached to an aromatic ring is 1. The number of anilines is 1. The fraction of sp³-hybridized carbons (Fsp3) is 0.448. The van der Waals surface area contributed by atoms with E-state index in [1.165, 1.54) is 10.5 Å². The molecule has 3 unspecified atom stereocenters. The Morgan fingerprint density at radius 2 is 1.92 bits per heavy atom. The molecule has 1 aliphatic rings. The fourth-order valence-corrected chi connectivity index (χ4v) is 5.41. The third kappa shape index (κ3) is 5.42. The molecule has 3 heterocycles. The second-order valence-electron chi connectivity index (χ2n) is 10.5. The summed E-state index contributed by atoms with van der Waals surface area (Å²) in [4.78, 5) is 32.6. The molecule has 3 atom stereocenters. The predicted octanol–water partition coefficient (Wildman–Crippen LogP) is 3.83. The van der Waals surface area contributed by atoms with Crippen molar-refractivity contribution in [3.05, 3.63) is 75.7 Å². The van der Waals surface area contributed by atoms with Gasteiger partial charge in [-0.05, 0) is 49.4 Å². The maximum atomic E-state index is 14.6. The number of hydrogen-bond donors (Lipinski definition) is 2. The first kappa shape index (κ1) is 27.3. The van der Waals surface area contributed by atoms with E-state index in [0.29, 0.717) is 17.3 Å². The number of hydrogen-bond acceptors (Lipinski definition) is 5. The average Bonchev–Trinajstić information content (AvgIpc) is 3.37. The molecule has 1 aromatic carbocycles. The first-order chi connectivity index (χ1) is 18.0. The van der Waals surface area contributed by atoms with Gasteiger partial charge in [0.15, 0.2) is 0 Å². The predicted molar refractivity (Wildman–Crippen MR) is 145 cm³/mol. The SMILES string of the molecule is Cc1cc(C(NC(=O)C2CC(F)CN2C(=O)Cc2c(C)nn(C)c2C)c2cccnc2N)ccc1C(C)C. The van der Waals surface area contributed by atoms with Crippen molar-refractivity contribution in [3.8, 4) is 0 Å². The van der Waals surface area contributed by atoms with Gasteiger partial charge in [-0.25, -0.2) is 9.37 Å². The van der Waals surface area contributed by atoms with Gasteiger partial charge in [-0.1, -0.05) is 38.1 Å². The number of halogens is 1. The molecule has 4 rings (SSSR count). The van der Waals surface area contributed by atoms with Crippen LogP contribution in [-0.2, 0) is 23.1 Å². The highest BCUT2D eigenvalue weighted by atomic mass is 19.1. The number of nitrogens with two attached hydrogens (primary N) is 1. The Hall–Kier alpha value is -3.75. The van der Waals surface area contributed by atoms with Crippen LogP contribution in [0.4, 0.5) is 10.2 Å². The molecule has 3 N–H and O–H groups in total. The summed E-state index contributed by atoms with van der Waals surface area (Å²) >= 11 is 0. The number of carbonyl (C=O) groups excluding carboxylic acids is 2. The van der Waals surface area contributed by atoms with Crippen LogP contribution in [0.2, 0.25) is 0 Å². The van der Waals surface area contributed by atoms with Crippen molar-refractivity contribution in [2.75, 3.05) is 12.3 Å². The number of aryl methyl sites for hydroxylation is 3. The quantitative estimate of drug-likeness (QED) is 0.493. The number of benzene rings is 1. The summed E-state index contributed by atoms with van der Waals surface area (Å²) in [5.74, 6) is -0.0585. The number of alkyl halides is 1. The summed E-state index contributed by atoms with van der Waals surface area (Å²) < 4.78 is 16.4. The van der Waals surface area contributed by atoms with Gasteiger partial charge in [0.25, 0.3) is 0 Å². The summed E-state index contributed by atoms with van der Waals surface area (Å²) in [6.07, 6.45) is 0.332. The summed E-state index contributed by atoms with van der Waals surface area (Å²) in [7, 11) is 1.82. The largest absolute Gasteiger partial charge is 0.383 e. The standard InChI is InChI=1S/C29H37FN6O2/c1-16(2)22-10-9-20(12-17(22)3)27(23-8-7-11-32-28(23)31)33-29(38)25-13-21(30)15-36(25)26(37)14-24-18(4)34-35(6)19(24)5/h7-12,16,21,25,27H,13-15H2,1-6H3,(H2,31,32)(H,33,38). The third-order valence-electron chi connectivity index (χ3n) is 7.58. The smallest absolute Gasteiger partial charge is 0.243 e. The molecule has 3 aromatic rings. The van der Waals surface area contributed by atoms with E-state index < -0.39 is 24.2 Å². The number of aromatic nitrogens is 3. The van der Waals surface area contributed by atoms with Crippen molar-refractivity contribution >= 4 is 17.6 Å². The number of nitrogens with one attached hydrogen (secondary N) is 1. The molecule has 0 saturated carbocycles. The molecule has 2 amide bonds. The molecule has 0 bridgehead atoms. The second-order valence-corrected chi connectivity index (χ2v) is 10.5. The molecular weight excluding hydrogens is 483 g/mol. The van der Waals surface area contributed by atoms with Gasteiger partial charge in [0, 0.05) is 36.5 Å². The summed E-state index contributed by atoms with van der Waals surface area (Å²) in [6, 6.07) is 8.13. The Kier molecular flexibility index (Phi) is 7.85. The topological polar surface area (TPSA) is 106 Å². The third-order valence-corrected chi connectivity index (χ3v) is 7.58. The van der Waals surface area contributed by atoms with E-state index >= 15 is 0 Å². The molecule has 8 nitrogen and oxygen atoms in total. The molecule has 1 saturated heterocycles. The molecule has 202 valence electrons. The first-order valence-electron chi connectivity index (χ1n) is 13.0. The summed E-state index contributed by atoms with van der Waals surface area (Å²) in [5, 5.41) is 7.44. The Bertz CT molecular complexity index is 1350. The van der Waals surface area contributed by atoms with Crippen LogP contribution in [0.25, 0.3) is 0 Å². The molecular formula is C29H37FN6O2. The lowest BCUT2D eigenvalue weighted by atomic mass is 9.91. The number of likely N-dealkylation sites (tertiary alicyclic amines) is 1. The number of pyridine rings is 1.